The highest BCUT2D eigenvalue weighted by Gasteiger charge is 2.17. The third-order valence-corrected chi connectivity index (χ3v) is 5.60. The number of nitrogens with zero attached hydrogens (tertiary/aromatic N) is 1. The second-order valence-corrected chi connectivity index (χ2v) is 8.06. The van der Waals surface area contributed by atoms with Crippen molar-refractivity contribution in [1.29, 1.82) is 0 Å². The Morgan fingerprint density at radius 3 is 2.52 bits per heavy atom. The summed E-state index contributed by atoms with van der Waals surface area (Å²) in [6.07, 6.45) is 3.31. The quantitative estimate of drug-likeness (QED) is 0.623. The van der Waals surface area contributed by atoms with Crippen molar-refractivity contribution in [3.8, 4) is 5.75 Å². The molecule has 1 heterocycles. The number of anilines is 1. The topological polar surface area (TPSA) is 97.4 Å². The van der Waals surface area contributed by atoms with Crippen molar-refractivity contribution < 1.29 is 17.9 Å². The minimum absolute atomic E-state index is 0.140. The Bertz CT molecular complexity index is 1100. The van der Waals surface area contributed by atoms with Crippen molar-refractivity contribution in [2.75, 3.05) is 11.8 Å². The zero-order valence-electron chi connectivity index (χ0n) is 16.0. The fourth-order valence-corrected chi connectivity index (χ4v) is 3.71. The first kappa shape index (κ1) is 20.3. The molecule has 0 saturated carbocycles. The van der Waals surface area contributed by atoms with Gasteiger partial charge in [-0.15, -0.1) is 0 Å². The maximum atomic E-state index is 12.6. The number of benzene rings is 2. The maximum absolute atomic E-state index is 12.6. The molecule has 1 amide bonds. The second kappa shape index (κ2) is 8.74. The molecule has 0 atom stereocenters. The summed E-state index contributed by atoms with van der Waals surface area (Å²) in [5, 5.41) is 2.78. The summed E-state index contributed by atoms with van der Waals surface area (Å²) in [5.74, 6) is -0.0472. The van der Waals surface area contributed by atoms with Crippen molar-refractivity contribution in [3.05, 3.63) is 83.7 Å². The Hall–Kier alpha value is -3.39. The molecule has 29 heavy (non-hydrogen) atoms. The van der Waals surface area contributed by atoms with Crippen LogP contribution in [0.3, 0.4) is 0 Å². The van der Waals surface area contributed by atoms with E-state index in [1.165, 1.54) is 25.3 Å². The van der Waals surface area contributed by atoms with Crippen molar-refractivity contribution >= 4 is 21.6 Å². The fraction of sp³-hybridized carbons (Fsp3) is 0.143. The number of aryl methyl sites for hydroxylation is 1. The summed E-state index contributed by atoms with van der Waals surface area (Å²) >= 11 is 0. The first-order chi connectivity index (χ1) is 13.9. The number of amides is 1. The molecule has 0 unspecified atom stereocenters. The highest BCUT2D eigenvalue weighted by molar-refractivity contribution is 7.92. The summed E-state index contributed by atoms with van der Waals surface area (Å²) in [6.45, 7) is 2.17. The van der Waals surface area contributed by atoms with E-state index in [1.807, 2.05) is 13.0 Å². The number of nitrogens with one attached hydrogen (secondary N) is 2. The molecule has 0 aliphatic rings. The predicted molar refractivity (Wildman–Crippen MR) is 110 cm³/mol. The predicted octanol–water partition coefficient (Wildman–Crippen LogP) is 3.13. The number of pyridine rings is 1. The van der Waals surface area contributed by atoms with Gasteiger partial charge >= 0.3 is 0 Å². The van der Waals surface area contributed by atoms with Crippen LogP contribution in [0.1, 0.15) is 21.5 Å². The van der Waals surface area contributed by atoms with E-state index in [1.54, 1.807) is 42.7 Å². The monoisotopic (exact) mass is 411 g/mol. The SMILES string of the molecule is COc1ccc(NS(=O)(=O)c2ccc(C)cc2)cc1C(=O)NCc1cccnc1. The number of carbonyl (C=O) groups is 1. The molecule has 7 nitrogen and oxygen atoms in total. The third kappa shape index (κ3) is 5.11. The summed E-state index contributed by atoms with van der Waals surface area (Å²) in [7, 11) is -2.33. The van der Waals surface area contributed by atoms with Gasteiger partial charge in [0.05, 0.1) is 17.6 Å². The smallest absolute Gasteiger partial charge is 0.261 e. The first-order valence-corrected chi connectivity index (χ1v) is 10.3. The lowest BCUT2D eigenvalue weighted by Crippen LogP contribution is -2.23. The lowest BCUT2D eigenvalue weighted by Gasteiger charge is -2.13. The van der Waals surface area contributed by atoms with E-state index >= 15 is 0 Å². The highest BCUT2D eigenvalue weighted by atomic mass is 32.2. The molecule has 0 saturated heterocycles. The van der Waals surface area contributed by atoms with E-state index in [0.717, 1.165) is 11.1 Å². The Labute approximate surface area is 169 Å². The van der Waals surface area contributed by atoms with Gasteiger partial charge < -0.3 is 10.1 Å². The number of hydrogen-bond acceptors (Lipinski definition) is 5. The van der Waals surface area contributed by atoms with Crippen molar-refractivity contribution in [1.82, 2.24) is 10.3 Å². The van der Waals surface area contributed by atoms with Crippen molar-refractivity contribution in [2.45, 2.75) is 18.4 Å². The van der Waals surface area contributed by atoms with Crippen LogP contribution in [0.5, 0.6) is 5.75 Å². The normalized spacial score (nSPS) is 11.0. The molecular formula is C21H21N3O4S. The number of hydrogen-bond donors (Lipinski definition) is 2. The molecule has 0 aliphatic heterocycles. The standard InChI is InChI=1S/C21H21N3O4S/c1-15-5-8-18(9-6-15)29(26,27)24-17-7-10-20(28-2)19(12-17)21(25)23-14-16-4-3-11-22-13-16/h3-13,24H,14H2,1-2H3,(H,23,25). The summed E-state index contributed by atoms with van der Waals surface area (Å²) in [5.41, 5.74) is 2.29. The molecule has 0 radical (unpaired) electrons. The van der Waals surface area contributed by atoms with E-state index in [2.05, 4.69) is 15.0 Å². The van der Waals surface area contributed by atoms with Gasteiger partial charge in [0.15, 0.2) is 0 Å². The van der Waals surface area contributed by atoms with E-state index in [4.69, 9.17) is 4.74 Å². The van der Waals surface area contributed by atoms with Crippen LogP contribution in [0.4, 0.5) is 5.69 Å². The van der Waals surface area contributed by atoms with Crippen molar-refractivity contribution in [2.24, 2.45) is 0 Å². The molecule has 3 aromatic rings. The molecule has 0 bridgehead atoms. The van der Waals surface area contributed by atoms with Gasteiger partial charge in [0.25, 0.3) is 15.9 Å². The molecule has 2 aromatic carbocycles. The summed E-state index contributed by atoms with van der Waals surface area (Å²) < 4.78 is 33.0. The van der Waals surface area contributed by atoms with Crippen LogP contribution < -0.4 is 14.8 Å². The Kier molecular flexibility index (Phi) is 6.13. The van der Waals surface area contributed by atoms with Gasteiger partial charge in [0.1, 0.15) is 5.75 Å². The minimum atomic E-state index is -3.78. The Morgan fingerprint density at radius 1 is 1.10 bits per heavy atom. The summed E-state index contributed by atoms with van der Waals surface area (Å²) in [6, 6.07) is 14.7. The number of rotatable bonds is 7. The first-order valence-electron chi connectivity index (χ1n) is 8.84. The Balaban J connectivity index is 1.81. The van der Waals surface area contributed by atoms with Gasteiger partial charge in [0, 0.05) is 24.6 Å². The van der Waals surface area contributed by atoms with Gasteiger partial charge in [-0.2, -0.15) is 0 Å². The molecule has 0 spiro atoms. The van der Waals surface area contributed by atoms with Crippen LogP contribution in [0.15, 0.2) is 71.9 Å². The van der Waals surface area contributed by atoms with Crippen LogP contribution in [0.2, 0.25) is 0 Å². The number of ether oxygens (including phenoxy) is 1. The van der Waals surface area contributed by atoms with Crippen LogP contribution >= 0.6 is 0 Å². The molecule has 2 N–H and O–H groups in total. The van der Waals surface area contributed by atoms with E-state index < -0.39 is 10.0 Å². The molecule has 3 rings (SSSR count). The average molecular weight is 411 g/mol. The molecular weight excluding hydrogens is 390 g/mol. The lowest BCUT2D eigenvalue weighted by molar-refractivity contribution is 0.0948. The van der Waals surface area contributed by atoms with Gasteiger partial charge in [-0.1, -0.05) is 23.8 Å². The van der Waals surface area contributed by atoms with Gasteiger partial charge in [0.2, 0.25) is 0 Å². The van der Waals surface area contributed by atoms with Crippen LogP contribution in [-0.2, 0) is 16.6 Å². The molecule has 8 heteroatoms. The highest BCUT2D eigenvalue weighted by Crippen LogP contribution is 2.25. The van der Waals surface area contributed by atoms with E-state index in [9.17, 15) is 13.2 Å². The Morgan fingerprint density at radius 2 is 1.86 bits per heavy atom. The van der Waals surface area contributed by atoms with Gasteiger partial charge in [-0.25, -0.2) is 8.42 Å². The number of methoxy groups -OCH3 is 1. The second-order valence-electron chi connectivity index (χ2n) is 6.38. The van der Waals surface area contributed by atoms with Crippen LogP contribution in [0, 0.1) is 6.92 Å². The zero-order valence-corrected chi connectivity index (χ0v) is 16.9. The number of aromatic nitrogens is 1. The number of carbonyl (C=O) groups excluding carboxylic acids is 1. The maximum Gasteiger partial charge on any atom is 0.261 e. The van der Waals surface area contributed by atoms with Gasteiger partial charge in [-0.3, -0.25) is 14.5 Å². The van der Waals surface area contributed by atoms with Crippen molar-refractivity contribution in [3.63, 3.8) is 0 Å². The van der Waals surface area contributed by atoms with E-state index in [-0.39, 0.29) is 28.6 Å². The van der Waals surface area contributed by atoms with Crippen LogP contribution in [0.25, 0.3) is 0 Å². The minimum Gasteiger partial charge on any atom is -0.496 e. The van der Waals surface area contributed by atoms with E-state index in [0.29, 0.717) is 5.75 Å². The molecule has 1 aromatic heterocycles. The molecule has 0 aliphatic carbocycles. The van der Waals surface area contributed by atoms with Crippen LogP contribution in [-0.4, -0.2) is 26.4 Å². The fourth-order valence-electron chi connectivity index (χ4n) is 2.66. The third-order valence-electron chi connectivity index (χ3n) is 4.20. The molecule has 0 fully saturated rings. The molecule has 150 valence electrons. The summed E-state index contributed by atoms with van der Waals surface area (Å²) in [4.78, 5) is 16.8. The van der Waals surface area contributed by atoms with Gasteiger partial charge in [-0.05, 0) is 48.9 Å². The largest absolute Gasteiger partial charge is 0.496 e. The zero-order chi connectivity index (χ0) is 20.9. The average Bonchev–Trinajstić information content (AvgIpc) is 2.72. The lowest BCUT2D eigenvalue weighted by atomic mass is 10.1. The number of sulfonamides is 1.